The number of halogens is 1. The van der Waals surface area contributed by atoms with Gasteiger partial charge in [0.2, 0.25) is 0 Å². The van der Waals surface area contributed by atoms with Crippen molar-refractivity contribution in [1.82, 2.24) is 4.98 Å². The Labute approximate surface area is 165 Å². The number of amides is 1. The average Bonchev–Trinajstić information content (AvgIpc) is 3.11. The van der Waals surface area contributed by atoms with Crippen LogP contribution in [0, 0.1) is 0 Å². The molecule has 0 saturated heterocycles. The number of hydrogen-bond acceptors (Lipinski definition) is 4. The van der Waals surface area contributed by atoms with Crippen LogP contribution in [0.25, 0.3) is 11.0 Å². The van der Waals surface area contributed by atoms with Crippen molar-refractivity contribution in [3.8, 4) is 0 Å². The Morgan fingerprint density at radius 1 is 1.11 bits per heavy atom. The summed E-state index contributed by atoms with van der Waals surface area (Å²) in [5, 5.41) is 4.26. The molecule has 0 atom stereocenters. The normalized spacial score (nSPS) is 10.9. The van der Waals surface area contributed by atoms with E-state index in [2.05, 4.69) is 16.4 Å². The summed E-state index contributed by atoms with van der Waals surface area (Å²) in [6, 6.07) is 18.6. The number of anilines is 1. The van der Waals surface area contributed by atoms with Gasteiger partial charge in [0.05, 0.1) is 0 Å². The van der Waals surface area contributed by atoms with Gasteiger partial charge in [-0.2, -0.15) is 0 Å². The van der Waals surface area contributed by atoms with Crippen LogP contribution in [0.15, 0.2) is 82.4 Å². The van der Waals surface area contributed by atoms with E-state index in [1.54, 1.807) is 42.2 Å². The summed E-state index contributed by atoms with van der Waals surface area (Å²) < 4.78 is 5.59. The van der Waals surface area contributed by atoms with Gasteiger partial charge < -0.3 is 9.73 Å². The molecule has 0 aliphatic carbocycles. The monoisotopic (exact) mass is 394 g/mol. The maximum atomic E-state index is 12.4. The standard InChI is InChI=1S/C21H15ClN2O2S/c22-16-3-8-19-15(10-16)11-20(26-19)21(25)24-17-4-6-18(7-5-17)27-13-14-2-1-9-23-12-14/h1-12H,13H2,(H,24,25). The number of fused-ring (bicyclic) bond motifs is 1. The Morgan fingerprint density at radius 2 is 1.96 bits per heavy atom. The van der Waals surface area contributed by atoms with Crippen molar-refractivity contribution < 1.29 is 9.21 Å². The Balaban J connectivity index is 1.40. The summed E-state index contributed by atoms with van der Waals surface area (Å²) in [7, 11) is 0. The SMILES string of the molecule is O=C(Nc1ccc(SCc2cccnc2)cc1)c1cc2cc(Cl)ccc2o1. The molecule has 2 aromatic carbocycles. The molecule has 0 saturated carbocycles. The van der Waals surface area contributed by atoms with Crippen molar-refractivity contribution in [2.75, 3.05) is 5.32 Å². The van der Waals surface area contributed by atoms with Crippen LogP contribution >= 0.6 is 23.4 Å². The summed E-state index contributed by atoms with van der Waals surface area (Å²) in [5.74, 6) is 0.807. The second-order valence-electron chi connectivity index (χ2n) is 5.92. The van der Waals surface area contributed by atoms with Gasteiger partial charge in [-0.25, -0.2) is 0 Å². The molecule has 4 nitrogen and oxygen atoms in total. The lowest BCUT2D eigenvalue weighted by molar-refractivity contribution is 0.0998. The van der Waals surface area contributed by atoms with Gasteiger partial charge in [0.1, 0.15) is 5.58 Å². The van der Waals surface area contributed by atoms with Crippen molar-refractivity contribution >= 4 is 45.9 Å². The molecule has 1 N–H and O–H groups in total. The Bertz CT molecular complexity index is 1080. The maximum absolute atomic E-state index is 12.4. The molecule has 27 heavy (non-hydrogen) atoms. The summed E-state index contributed by atoms with van der Waals surface area (Å²) in [6.45, 7) is 0. The maximum Gasteiger partial charge on any atom is 0.291 e. The van der Waals surface area contributed by atoms with E-state index in [1.165, 1.54) is 5.56 Å². The number of carbonyl (C=O) groups is 1. The first-order valence-electron chi connectivity index (χ1n) is 8.29. The second kappa shape index (κ2) is 7.86. The molecular formula is C21H15ClN2O2S. The van der Waals surface area contributed by atoms with Crippen LogP contribution in [0.1, 0.15) is 16.1 Å². The second-order valence-corrected chi connectivity index (χ2v) is 7.41. The van der Waals surface area contributed by atoms with Crippen LogP contribution in [0.3, 0.4) is 0 Å². The highest BCUT2D eigenvalue weighted by Gasteiger charge is 2.13. The van der Waals surface area contributed by atoms with E-state index in [0.717, 1.165) is 16.0 Å². The van der Waals surface area contributed by atoms with Gasteiger partial charge in [0.15, 0.2) is 5.76 Å². The topological polar surface area (TPSA) is 55.1 Å². The lowest BCUT2D eigenvalue weighted by Crippen LogP contribution is -2.10. The van der Waals surface area contributed by atoms with Crippen LogP contribution in [-0.4, -0.2) is 10.9 Å². The fourth-order valence-electron chi connectivity index (χ4n) is 2.60. The van der Waals surface area contributed by atoms with Crippen LogP contribution in [0.2, 0.25) is 5.02 Å². The number of carbonyl (C=O) groups excluding carboxylic acids is 1. The Morgan fingerprint density at radius 3 is 2.74 bits per heavy atom. The quantitative estimate of drug-likeness (QED) is 0.420. The summed E-state index contributed by atoms with van der Waals surface area (Å²) in [4.78, 5) is 17.7. The first-order valence-corrected chi connectivity index (χ1v) is 9.66. The molecular weight excluding hydrogens is 380 g/mol. The van der Waals surface area contributed by atoms with Crippen LogP contribution in [0.4, 0.5) is 5.69 Å². The highest BCUT2D eigenvalue weighted by molar-refractivity contribution is 7.98. The van der Waals surface area contributed by atoms with Gasteiger partial charge in [-0.1, -0.05) is 17.7 Å². The third kappa shape index (κ3) is 4.32. The number of thioether (sulfide) groups is 1. The predicted molar refractivity (Wildman–Crippen MR) is 109 cm³/mol. The number of nitrogens with zero attached hydrogens (tertiary/aromatic N) is 1. The molecule has 0 spiro atoms. The smallest absolute Gasteiger partial charge is 0.291 e. The molecule has 4 rings (SSSR count). The highest BCUT2D eigenvalue weighted by Crippen LogP contribution is 2.26. The van der Waals surface area contributed by atoms with E-state index >= 15 is 0 Å². The van der Waals surface area contributed by atoms with E-state index in [9.17, 15) is 4.79 Å². The number of rotatable bonds is 5. The third-order valence-corrected chi connectivity index (χ3v) is 5.26. The summed E-state index contributed by atoms with van der Waals surface area (Å²) >= 11 is 7.69. The minimum atomic E-state index is -0.293. The van der Waals surface area contributed by atoms with E-state index in [0.29, 0.717) is 16.3 Å². The first kappa shape index (κ1) is 17.6. The number of hydrogen-bond donors (Lipinski definition) is 1. The predicted octanol–water partition coefficient (Wildman–Crippen LogP) is 6.03. The Kier molecular flexibility index (Phi) is 5.14. The van der Waals surface area contributed by atoms with Crippen molar-refractivity contribution in [3.05, 3.63) is 89.4 Å². The lowest BCUT2D eigenvalue weighted by atomic mass is 10.2. The molecule has 134 valence electrons. The molecule has 0 unspecified atom stereocenters. The fourth-order valence-corrected chi connectivity index (χ4v) is 3.62. The van der Waals surface area contributed by atoms with Crippen LogP contribution in [-0.2, 0) is 5.75 Å². The fraction of sp³-hybridized carbons (Fsp3) is 0.0476. The summed E-state index contributed by atoms with van der Waals surface area (Å²) in [5.41, 5.74) is 2.51. The molecule has 0 fully saturated rings. The van der Waals surface area contributed by atoms with Crippen molar-refractivity contribution in [3.63, 3.8) is 0 Å². The van der Waals surface area contributed by atoms with Gasteiger partial charge in [-0.15, -0.1) is 11.8 Å². The number of pyridine rings is 1. The molecule has 0 aliphatic rings. The zero-order chi connectivity index (χ0) is 18.6. The van der Waals surface area contributed by atoms with Gasteiger partial charge in [-0.05, 0) is 60.2 Å². The molecule has 2 heterocycles. The van der Waals surface area contributed by atoms with Crippen molar-refractivity contribution in [1.29, 1.82) is 0 Å². The van der Waals surface area contributed by atoms with Gasteiger partial charge >= 0.3 is 0 Å². The highest BCUT2D eigenvalue weighted by atomic mass is 35.5. The van der Waals surface area contributed by atoms with Crippen LogP contribution < -0.4 is 5.32 Å². The zero-order valence-corrected chi connectivity index (χ0v) is 15.8. The van der Waals surface area contributed by atoms with Crippen molar-refractivity contribution in [2.45, 2.75) is 10.6 Å². The number of benzene rings is 2. The minimum Gasteiger partial charge on any atom is -0.451 e. The van der Waals surface area contributed by atoms with Gasteiger partial charge in [-0.3, -0.25) is 9.78 Å². The number of nitrogens with one attached hydrogen (secondary N) is 1. The average molecular weight is 395 g/mol. The molecule has 4 aromatic rings. The van der Waals surface area contributed by atoms with Gasteiger partial charge in [0.25, 0.3) is 5.91 Å². The summed E-state index contributed by atoms with van der Waals surface area (Å²) in [6.07, 6.45) is 3.63. The van der Waals surface area contributed by atoms with Crippen molar-refractivity contribution in [2.24, 2.45) is 0 Å². The van der Waals surface area contributed by atoms with Crippen LogP contribution in [0.5, 0.6) is 0 Å². The molecule has 6 heteroatoms. The number of furan rings is 1. The van der Waals surface area contributed by atoms with E-state index in [4.69, 9.17) is 16.0 Å². The molecule has 0 aliphatic heterocycles. The molecule has 0 radical (unpaired) electrons. The Hall–Kier alpha value is -2.76. The molecule has 0 bridgehead atoms. The van der Waals surface area contributed by atoms with E-state index < -0.39 is 0 Å². The largest absolute Gasteiger partial charge is 0.451 e. The minimum absolute atomic E-state index is 0.252. The third-order valence-electron chi connectivity index (χ3n) is 3.94. The molecule has 2 aromatic heterocycles. The molecule has 1 amide bonds. The first-order chi connectivity index (χ1) is 13.2. The number of aromatic nitrogens is 1. The van der Waals surface area contributed by atoms with Gasteiger partial charge in [0, 0.05) is 39.1 Å². The van der Waals surface area contributed by atoms with E-state index in [1.807, 2.05) is 36.5 Å². The van der Waals surface area contributed by atoms with E-state index in [-0.39, 0.29) is 11.7 Å². The lowest BCUT2D eigenvalue weighted by Gasteiger charge is -2.05. The zero-order valence-electron chi connectivity index (χ0n) is 14.2.